The highest BCUT2D eigenvalue weighted by atomic mass is 16.3. The van der Waals surface area contributed by atoms with Gasteiger partial charge in [-0.1, -0.05) is 20.8 Å². The van der Waals surface area contributed by atoms with Gasteiger partial charge in [-0.05, 0) is 56.4 Å². The lowest BCUT2D eigenvalue weighted by Gasteiger charge is -2.36. The predicted molar refractivity (Wildman–Crippen MR) is 79.1 cm³/mol. The third-order valence-corrected chi connectivity index (χ3v) is 4.20. The number of nitrogens with zero attached hydrogens (tertiary/aromatic N) is 1. The average molecular weight is 264 g/mol. The standard InChI is InChI=1S/C16H28N2O/c1-5-17-11-15-13(2)10-14(19-15)12-18-8-6-16(3,4)7-9-18/h10,17H,5-9,11-12H2,1-4H3. The number of likely N-dealkylation sites (tertiary alicyclic amines) is 1. The highest BCUT2D eigenvalue weighted by molar-refractivity contribution is 5.20. The van der Waals surface area contributed by atoms with Crippen LogP contribution < -0.4 is 5.32 Å². The molecule has 2 heterocycles. The molecule has 1 fully saturated rings. The van der Waals surface area contributed by atoms with Crippen LogP contribution in [0.5, 0.6) is 0 Å². The maximum absolute atomic E-state index is 5.97. The van der Waals surface area contributed by atoms with Gasteiger partial charge in [0.25, 0.3) is 0 Å². The Balaban J connectivity index is 1.89. The Morgan fingerprint density at radius 3 is 2.63 bits per heavy atom. The Kier molecular flexibility index (Phi) is 4.69. The Hall–Kier alpha value is -0.800. The number of nitrogens with one attached hydrogen (secondary N) is 1. The minimum Gasteiger partial charge on any atom is -0.463 e. The zero-order valence-electron chi connectivity index (χ0n) is 12.9. The van der Waals surface area contributed by atoms with E-state index in [2.05, 4.69) is 44.0 Å². The van der Waals surface area contributed by atoms with Gasteiger partial charge < -0.3 is 9.73 Å². The van der Waals surface area contributed by atoms with Crippen molar-refractivity contribution < 1.29 is 4.42 Å². The molecule has 1 saturated heterocycles. The van der Waals surface area contributed by atoms with Gasteiger partial charge >= 0.3 is 0 Å². The molecule has 3 nitrogen and oxygen atoms in total. The summed E-state index contributed by atoms with van der Waals surface area (Å²) >= 11 is 0. The minimum absolute atomic E-state index is 0.520. The highest BCUT2D eigenvalue weighted by Gasteiger charge is 2.25. The van der Waals surface area contributed by atoms with Crippen LogP contribution in [0.3, 0.4) is 0 Å². The molecule has 0 radical (unpaired) electrons. The summed E-state index contributed by atoms with van der Waals surface area (Å²) in [6.45, 7) is 14.2. The summed E-state index contributed by atoms with van der Waals surface area (Å²) in [7, 11) is 0. The highest BCUT2D eigenvalue weighted by Crippen LogP contribution is 2.30. The van der Waals surface area contributed by atoms with E-state index in [9.17, 15) is 0 Å². The number of hydrogen-bond donors (Lipinski definition) is 1. The average Bonchev–Trinajstić information content (AvgIpc) is 2.70. The van der Waals surface area contributed by atoms with Gasteiger partial charge in [0.2, 0.25) is 0 Å². The summed E-state index contributed by atoms with van der Waals surface area (Å²) in [4.78, 5) is 2.51. The molecule has 0 spiro atoms. The molecule has 0 aromatic carbocycles. The topological polar surface area (TPSA) is 28.4 Å². The first kappa shape index (κ1) is 14.6. The van der Waals surface area contributed by atoms with Gasteiger partial charge in [-0.3, -0.25) is 4.90 Å². The van der Waals surface area contributed by atoms with E-state index in [1.165, 1.54) is 31.5 Å². The molecule has 0 amide bonds. The number of furan rings is 1. The number of hydrogen-bond acceptors (Lipinski definition) is 3. The van der Waals surface area contributed by atoms with Crippen LogP contribution in [0, 0.1) is 12.3 Å². The van der Waals surface area contributed by atoms with Gasteiger partial charge in [-0.2, -0.15) is 0 Å². The second-order valence-corrected chi connectivity index (χ2v) is 6.54. The van der Waals surface area contributed by atoms with Crippen molar-refractivity contribution in [3.8, 4) is 0 Å². The summed E-state index contributed by atoms with van der Waals surface area (Å²) in [6, 6.07) is 2.20. The summed E-state index contributed by atoms with van der Waals surface area (Å²) in [5.74, 6) is 2.21. The number of rotatable bonds is 5. The summed E-state index contributed by atoms with van der Waals surface area (Å²) in [6.07, 6.45) is 2.58. The molecule has 2 rings (SSSR count). The zero-order chi connectivity index (χ0) is 13.9. The molecule has 1 aliphatic rings. The molecule has 1 aliphatic heterocycles. The van der Waals surface area contributed by atoms with Gasteiger partial charge in [-0.25, -0.2) is 0 Å². The van der Waals surface area contributed by atoms with E-state index in [0.717, 1.165) is 31.2 Å². The molecule has 0 saturated carbocycles. The van der Waals surface area contributed by atoms with E-state index in [1.807, 2.05) is 0 Å². The second-order valence-electron chi connectivity index (χ2n) is 6.54. The fraction of sp³-hybridized carbons (Fsp3) is 0.750. The largest absolute Gasteiger partial charge is 0.463 e. The maximum atomic E-state index is 5.97. The molecule has 3 heteroatoms. The first-order valence-corrected chi connectivity index (χ1v) is 7.51. The fourth-order valence-corrected chi connectivity index (χ4v) is 2.62. The lowest BCUT2D eigenvalue weighted by atomic mass is 9.83. The Bertz CT molecular complexity index is 399. The normalized spacial score (nSPS) is 19.8. The van der Waals surface area contributed by atoms with Crippen LogP contribution in [-0.4, -0.2) is 24.5 Å². The quantitative estimate of drug-likeness (QED) is 0.884. The van der Waals surface area contributed by atoms with Crippen LogP contribution in [0.1, 0.15) is 50.7 Å². The van der Waals surface area contributed by atoms with Crippen molar-refractivity contribution in [2.24, 2.45) is 5.41 Å². The molecule has 0 atom stereocenters. The fourth-order valence-electron chi connectivity index (χ4n) is 2.62. The van der Waals surface area contributed by atoms with Crippen LogP contribution in [0.15, 0.2) is 10.5 Å². The predicted octanol–water partition coefficient (Wildman–Crippen LogP) is 3.32. The molecule has 108 valence electrons. The van der Waals surface area contributed by atoms with Crippen molar-refractivity contribution in [1.82, 2.24) is 10.2 Å². The monoisotopic (exact) mass is 264 g/mol. The minimum atomic E-state index is 0.520. The van der Waals surface area contributed by atoms with Gasteiger partial charge in [0, 0.05) is 0 Å². The van der Waals surface area contributed by atoms with E-state index in [0.29, 0.717) is 5.41 Å². The third-order valence-electron chi connectivity index (χ3n) is 4.20. The lowest BCUT2D eigenvalue weighted by Crippen LogP contribution is -2.36. The zero-order valence-corrected chi connectivity index (χ0v) is 12.9. The maximum Gasteiger partial charge on any atom is 0.120 e. The molecule has 19 heavy (non-hydrogen) atoms. The smallest absolute Gasteiger partial charge is 0.120 e. The molecule has 0 unspecified atom stereocenters. The van der Waals surface area contributed by atoms with E-state index in [4.69, 9.17) is 4.42 Å². The molecule has 1 N–H and O–H groups in total. The van der Waals surface area contributed by atoms with Gasteiger partial charge in [0.15, 0.2) is 0 Å². The first-order valence-electron chi connectivity index (χ1n) is 7.51. The lowest BCUT2D eigenvalue weighted by molar-refractivity contribution is 0.119. The van der Waals surface area contributed by atoms with Crippen LogP contribution in [0.25, 0.3) is 0 Å². The van der Waals surface area contributed by atoms with Gasteiger partial charge in [0.1, 0.15) is 11.5 Å². The van der Waals surface area contributed by atoms with Crippen LogP contribution in [0.4, 0.5) is 0 Å². The second kappa shape index (κ2) is 6.10. The van der Waals surface area contributed by atoms with Crippen molar-refractivity contribution in [1.29, 1.82) is 0 Å². The van der Waals surface area contributed by atoms with Crippen LogP contribution in [0.2, 0.25) is 0 Å². The van der Waals surface area contributed by atoms with Crippen LogP contribution in [-0.2, 0) is 13.1 Å². The van der Waals surface area contributed by atoms with E-state index >= 15 is 0 Å². The Labute approximate surface area is 117 Å². The molecule has 1 aromatic heterocycles. The summed E-state index contributed by atoms with van der Waals surface area (Å²) in [5, 5.41) is 3.33. The Morgan fingerprint density at radius 1 is 1.32 bits per heavy atom. The van der Waals surface area contributed by atoms with Crippen molar-refractivity contribution in [3.63, 3.8) is 0 Å². The molecule has 0 aliphatic carbocycles. The molecular weight excluding hydrogens is 236 g/mol. The van der Waals surface area contributed by atoms with Crippen molar-refractivity contribution in [2.45, 2.75) is 53.6 Å². The van der Waals surface area contributed by atoms with E-state index in [-0.39, 0.29) is 0 Å². The summed E-state index contributed by atoms with van der Waals surface area (Å²) in [5.41, 5.74) is 1.79. The van der Waals surface area contributed by atoms with E-state index < -0.39 is 0 Å². The summed E-state index contributed by atoms with van der Waals surface area (Å²) < 4.78 is 5.97. The number of aryl methyl sites for hydroxylation is 1. The molecule has 1 aromatic rings. The SMILES string of the molecule is CCNCc1oc(CN2CCC(C)(C)CC2)cc1C. The molecular formula is C16H28N2O. The van der Waals surface area contributed by atoms with Gasteiger partial charge in [0.05, 0.1) is 13.1 Å². The van der Waals surface area contributed by atoms with Crippen molar-refractivity contribution >= 4 is 0 Å². The van der Waals surface area contributed by atoms with E-state index in [1.54, 1.807) is 0 Å². The van der Waals surface area contributed by atoms with Gasteiger partial charge in [-0.15, -0.1) is 0 Å². The third kappa shape index (κ3) is 4.08. The van der Waals surface area contributed by atoms with Crippen molar-refractivity contribution in [2.75, 3.05) is 19.6 Å². The molecule has 0 bridgehead atoms. The first-order chi connectivity index (χ1) is 9.00. The Morgan fingerprint density at radius 2 is 2.00 bits per heavy atom. The number of piperidine rings is 1. The van der Waals surface area contributed by atoms with Crippen LogP contribution >= 0.6 is 0 Å². The van der Waals surface area contributed by atoms with Crippen molar-refractivity contribution in [3.05, 3.63) is 23.2 Å².